The summed E-state index contributed by atoms with van der Waals surface area (Å²) in [5.41, 5.74) is 0. The summed E-state index contributed by atoms with van der Waals surface area (Å²) < 4.78 is 0. The third-order valence-corrected chi connectivity index (χ3v) is 5.58. The monoisotopic (exact) mass is 237 g/mol. The quantitative estimate of drug-likeness (QED) is 0.768. The molecule has 1 heteroatoms. The molecule has 2 aliphatic carbocycles. The van der Waals surface area contributed by atoms with E-state index in [1.807, 2.05) is 0 Å². The third-order valence-electron chi connectivity index (χ3n) is 5.58. The molecular weight excluding hydrogens is 206 g/mol. The normalized spacial score (nSPS) is 43.6. The van der Waals surface area contributed by atoms with Crippen LogP contribution in [0.25, 0.3) is 0 Å². The van der Waals surface area contributed by atoms with Gasteiger partial charge in [0.05, 0.1) is 0 Å². The lowest BCUT2D eigenvalue weighted by Crippen LogP contribution is -2.46. The van der Waals surface area contributed by atoms with E-state index in [9.17, 15) is 0 Å². The Morgan fingerprint density at radius 1 is 0.941 bits per heavy atom. The predicted octanol–water partition coefficient (Wildman–Crippen LogP) is 4.37. The molecule has 0 aromatic carbocycles. The minimum atomic E-state index is 0.807. The molecule has 1 N–H and O–H groups in total. The summed E-state index contributed by atoms with van der Waals surface area (Å²) in [6, 6.07) is 1.64. The summed E-state index contributed by atoms with van der Waals surface area (Å²) in [6.07, 6.45) is 11.5. The van der Waals surface area contributed by atoms with Crippen LogP contribution in [0.5, 0.6) is 0 Å². The van der Waals surface area contributed by atoms with E-state index in [1.165, 1.54) is 51.4 Å². The zero-order valence-corrected chi connectivity index (χ0v) is 12.0. The molecule has 2 aliphatic rings. The summed E-state index contributed by atoms with van der Waals surface area (Å²) in [6.45, 7) is 7.25. The van der Waals surface area contributed by atoms with E-state index >= 15 is 0 Å². The molecule has 0 spiro atoms. The average Bonchev–Trinajstić information content (AvgIpc) is 2.36. The number of rotatable bonds is 3. The van der Waals surface area contributed by atoms with Gasteiger partial charge in [-0.05, 0) is 49.9 Å². The Morgan fingerprint density at radius 3 is 2.29 bits per heavy atom. The van der Waals surface area contributed by atoms with Gasteiger partial charge in [0.1, 0.15) is 0 Å². The average molecular weight is 237 g/mol. The fraction of sp³-hybridized carbons (Fsp3) is 1.00. The Kier molecular flexibility index (Phi) is 4.90. The number of nitrogens with one attached hydrogen (secondary N) is 1. The Bertz CT molecular complexity index is 218. The molecule has 0 heterocycles. The van der Waals surface area contributed by atoms with Crippen molar-refractivity contribution in [3.63, 3.8) is 0 Å². The van der Waals surface area contributed by atoms with Gasteiger partial charge in [0, 0.05) is 12.1 Å². The first-order chi connectivity index (χ1) is 8.20. The minimum absolute atomic E-state index is 0.807. The molecule has 2 rings (SSSR count). The van der Waals surface area contributed by atoms with Crippen molar-refractivity contribution < 1.29 is 0 Å². The number of hydrogen-bond acceptors (Lipinski definition) is 1. The van der Waals surface area contributed by atoms with Crippen LogP contribution < -0.4 is 5.32 Å². The van der Waals surface area contributed by atoms with E-state index in [1.54, 1.807) is 0 Å². The van der Waals surface area contributed by atoms with Gasteiger partial charge in [-0.2, -0.15) is 0 Å². The molecule has 0 radical (unpaired) electrons. The van der Waals surface area contributed by atoms with Crippen LogP contribution in [-0.4, -0.2) is 12.1 Å². The van der Waals surface area contributed by atoms with E-state index in [2.05, 4.69) is 26.1 Å². The van der Waals surface area contributed by atoms with E-state index in [0.717, 1.165) is 29.8 Å². The lowest BCUT2D eigenvalue weighted by Gasteiger charge is -2.39. The van der Waals surface area contributed by atoms with Crippen LogP contribution in [0.4, 0.5) is 0 Å². The highest BCUT2D eigenvalue weighted by atomic mass is 15.0. The standard InChI is InChI=1S/C16H31N/c1-4-14-8-10-15(11-9-14)17-16-7-5-6-12(2)13(16)3/h12-17H,4-11H2,1-3H3. The van der Waals surface area contributed by atoms with Crippen LogP contribution in [0.15, 0.2) is 0 Å². The van der Waals surface area contributed by atoms with Gasteiger partial charge >= 0.3 is 0 Å². The van der Waals surface area contributed by atoms with Crippen LogP contribution in [0, 0.1) is 17.8 Å². The van der Waals surface area contributed by atoms with Gasteiger partial charge in [-0.1, -0.05) is 40.0 Å². The van der Waals surface area contributed by atoms with E-state index in [4.69, 9.17) is 0 Å². The summed E-state index contributed by atoms with van der Waals surface area (Å²) >= 11 is 0. The maximum atomic E-state index is 3.98. The first-order valence-corrected chi connectivity index (χ1v) is 7.96. The van der Waals surface area contributed by atoms with Crippen molar-refractivity contribution >= 4 is 0 Å². The molecule has 3 unspecified atom stereocenters. The van der Waals surface area contributed by atoms with Crippen LogP contribution in [0.1, 0.15) is 72.1 Å². The van der Waals surface area contributed by atoms with Crippen LogP contribution in [0.2, 0.25) is 0 Å². The summed E-state index contributed by atoms with van der Waals surface area (Å²) in [5.74, 6) is 2.83. The second kappa shape index (κ2) is 6.22. The van der Waals surface area contributed by atoms with E-state index < -0.39 is 0 Å². The highest BCUT2D eigenvalue weighted by Gasteiger charge is 2.29. The van der Waals surface area contributed by atoms with Crippen molar-refractivity contribution in [2.75, 3.05) is 0 Å². The second-order valence-electron chi connectivity index (χ2n) is 6.67. The third kappa shape index (κ3) is 3.47. The van der Waals surface area contributed by atoms with E-state index in [-0.39, 0.29) is 0 Å². The Labute approximate surface area is 108 Å². The van der Waals surface area contributed by atoms with Crippen molar-refractivity contribution in [3.05, 3.63) is 0 Å². The second-order valence-corrected chi connectivity index (χ2v) is 6.67. The highest BCUT2D eigenvalue weighted by Crippen LogP contribution is 2.32. The topological polar surface area (TPSA) is 12.0 Å². The summed E-state index contributed by atoms with van der Waals surface area (Å²) in [5, 5.41) is 3.98. The van der Waals surface area contributed by atoms with Gasteiger partial charge in [0.15, 0.2) is 0 Å². The lowest BCUT2D eigenvalue weighted by molar-refractivity contribution is 0.172. The van der Waals surface area contributed by atoms with Crippen molar-refractivity contribution in [3.8, 4) is 0 Å². The molecule has 0 bridgehead atoms. The van der Waals surface area contributed by atoms with Gasteiger partial charge in [0.25, 0.3) is 0 Å². The Hall–Kier alpha value is -0.0400. The molecule has 3 atom stereocenters. The van der Waals surface area contributed by atoms with Gasteiger partial charge < -0.3 is 5.32 Å². The molecule has 100 valence electrons. The first-order valence-electron chi connectivity index (χ1n) is 7.96. The maximum absolute atomic E-state index is 3.98. The molecule has 0 saturated heterocycles. The zero-order chi connectivity index (χ0) is 12.3. The van der Waals surface area contributed by atoms with Crippen molar-refractivity contribution in [1.82, 2.24) is 5.32 Å². The first kappa shape index (κ1) is 13.4. The van der Waals surface area contributed by atoms with Gasteiger partial charge in [-0.3, -0.25) is 0 Å². The summed E-state index contributed by atoms with van der Waals surface area (Å²) in [7, 11) is 0. The molecule has 0 aliphatic heterocycles. The highest BCUT2D eigenvalue weighted by molar-refractivity contribution is 4.86. The van der Waals surface area contributed by atoms with Crippen LogP contribution >= 0.6 is 0 Å². The molecule has 0 aromatic rings. The van der Waals surface area contributed by atoms with Gasteiger partial charge in [-0.15, -0.1) is 0 Å². The maximum Gasteiger partial charge on any atom is 0.00978 e. The fourth-order valence-corrected chi connectivity index (χ4v) is 3.86. The molecule has 2 fully saturated rings. The Morgan fingerprint density at radius 2 is 1.65 bits per heavy atom. The molecule has 0 aromatic heterocycles. The molecule has 0 amide bonds. The fourth-order valence-electron chi connectivity index (χ4n) is 3.86. The predicted molar refractivity (Wildman–Crippen MR) is 75.1 cm³/mol. The summed E-state index contributed by atoms with van der Waals surface area (Å²) in [4.78, 5) is 0. The molecule has 17 heavy (non-hydrogen) atoms. The molecule has 2 saturated carbocycles. The van der Waals surface area contributed by atoms with Crippen molar-refractivity contribution in [2.24, 2.45) is 17.8 Å². The van der Waals surface area contributed by atoms with Crippen LogP contribution in [0.3, 0.4) is 0 Å². The SMILES string of the molecule is CCC1CCC(NC2CCCC(C)C2C)CC1. The zero-order valence-electron chi connectivity index (χ0n) is 12.0. The minimum Gasteiger partial charge on any atom is -0.311 e. The van der Waals surface area contributed by atoms with Gasteiger partial charge in [0.2, 0.25) is 0 Å². The van der Waals surface area contributed by atoms with Crippen molar-refractivity contribution in [2.45, 2.75) is 84.2 Å². The largest absolute Gasteiger partial charge is 0.311 e. The lowest BCUT2D eigenvalue weighted by atomic mass is 9.77. The smallest absolute Gasteiger partial charge is 0.00978 e. The number of hydrogen-bond donors (Lipinski definition) is 1. The molecule has 1 nitrogen and oxygen atoms in total. The molecular formula is C16H31N. The Balaban J connectivity index is 1.77. The van der Waals surface area contributed by atoms with Gasteiger partial charge in [-0.25, -0.2) is 0 Å². The van der Waals surface area contributed by atoms with E-state index in [0.29, 0.717) is 0 Å². The van der Waals surface area contributed by atoms with Crippen LogP contribution in [-0.2, 0) is 0 Å². The van der Waals surface area contributed by atoms with Crippen molar-refractivity contribution in [1.29, 1.82) is 0 Å².